The molecule has 16 heavy (non-hydrogen) atoms. The normalized spacial score (nSPS) is 13.1. The van der Waals surface area contributed by atoms with Gasteiger partial charge in [-0.1, -0.05) is 13.8 Å². The number of ketones is 1. The molecule has 0 amide bonds. The van der Waals surface area contributed by atoms with E-state index in [0.29, 0.717) is 12.8 Å². The molecule has 0 radical (unpaired) electrons. The molecule has 0 unspecified atom stereocenters. The van der Waals surface area contributed by atoms with Gasteiger partial charge >= 0.3 is 0 Å². The van der Waals surface area contributed by atoms with Crippen LogP contribution in [0.1, 0.15) is 47.0 Å². The van der Waals surface area contributed by atoms with Crippen molar-refractivity contribution in [2.45, 2.75) is 57.7 Å². The van der Waals surface area contributed by atoms with Crippen molar-refractivity contribution in [1.29, 1.82) is 0 Å². The topological polar surface area (TPSA) is 77.2 Å². The third kappa shape index (κ3) is 3.87. The summed E-state index contributed by atoms with van der Waals surface area (Å²) >= 11 is 0. The molecule has 0 spiro atoms. The van der Waals surface area contributed by atoms with Crippen LogP contribution in [0.4, 0.5) is 0 Å². The molecular formula is C11H23NO3S. The van der Waals surface area contributed by atoms with Gasteiger partial charge < -0.3 is 5.73 Å². The summed E-state index contributed by atoms with van der Waals surface area (Å²) in [4.78, 5) is 11.8. The highest BCUT2D eigenvalue weighted by Gasteiger charge is 2.30. The number of sulfone groups is 1. The van der Waals surface area contributed by atoms with Gasteiger partial charge in [-0.25, -0.2) is 8.42 Å². The lowest BCUT2D eigenvalue weighted by atomic mass is 9.88. The van der Waals surface area contributed by atoms with Gasteiger partial charge in [-0.05, 0) is 26.7 Å². The van der Waals surface area contributed by atoms with Crippen molar-refractivity contribution < 1.29 is 13.2 Å². The van der Waals surface area contributed by atoms with Crippen molar-refractivity contribution in [3.8, 4) is 0 Å². The Morgan fingerprint density at radius 3 is 2.00 bits per heavy atom. The Morgan fingerprint density at radius 2 is 1.69 bits per heavy atom. The van der Waals surface area contributed by atoms with Crippen LogP contribution in [-0.2, 0) is 14.6 Å². The molecule has 0 aromatic rings. The lowest BCUT2D eigenvalue weighted by Gasteiger charge is -2.24. The Morgan fingerprint density at radius 1 is 1.25 bits per heavy atom. The molecule has 0 rings (SSSR count). The van der Waals surface area contributed by atoms with Crippen molar-refractivity contribution in [1.82, 2.24) is 0 Å². The van der Waals surface area contributed by atoms with Crippen LogP contribution in [-0.4, -0.2) is 30.7 Å². The third-order valence-electron chi connectivity index (χ3n) is 3.15. The standard InChI is InChI=1S/C11H23NO3S/c1-5-11(12,6-2)10(13)7-8-16(14,15)9(3)4/h9H,5-8,12H2,1-4H3. The van der Waals surface area contributed by atoms with E-state index < -0.39 is 20.6 Å². The fourth-order valence-electron chi connectivity index (χ4n) is 1.36. The second-order valence-electron chi connectivity index (χ2n) is 4.45. The molecule has 4 nitrogen and oxygen atoms in total. The summed E-state index contributed by atoms with van der Waals surface area (Å²) in [5, 5.41) is -0.435. The largest absolute Gasteiger partial charge is 0.319 e. The minimum absolute atomic E-state index is 0.0265. The van der Waals surface area contributed by atoms with Crippen molar-refractivity contribution >= 4 is 15.6 Å². The molecule has 0 bridgehead atoms. The fraction of sp³-hybridized carbons (Fsp3) is 0.909. The van der Waals surface area contributed by atoms with Crippen LogP contribution in [0, 0.1) is 0 Å². The first-order chi connectivity index (χ1) is 7.19. The SMILES string of the molecule is CCC(N)(CC)C(=O)CCS(=O)(=O)C(C)C. The minimum Gasteiger partial charge on any atom is -0.319 e. The second-order valence-corrected chi connectivity index (χ2v) is 7.13. The number of Topliss-reactive ketones (excluding diaryl/α,β-unsaturated/α-hetero) is 1. The van der Waals surface area contributed by atoms with Crippen molar-refractivity contribution in [2.75, 3.05) is 5.75 Å². The molecule has 0 aliphatic rings. The van der Waals surface area contributed by atoms with Crippen molar-refractivity contribution in [2.24, 2.45) is 5.73 Å². The Balaban J connectivity index is 4.50. The molecule has 0 fully saturated rings. The Hall–Kier alpha value is -0.420. The summed E-state index contributed by atoms with van der Waals surface area (Å²) < 4.78 is 23.1. The average Bonchev–Trinajstić information content (AvgIpc) is 2.24. The summed E-state index contributed by atoms with van der Waals surface area (Å²) in [7, 11) is -3.15. The molecule has 0 saturated carbocycles. The van der Waals surface area contributed by atoms with Gasteiger partial charge in [0.2, 0.25) is 0 Å². The van der Waals surface area contributed by atoms with Gasteiger partial charge in [0.1, 0.15) is 0 Å². The maximum atomic E-state index is 11.8. The highest BCUT2D eigenvalue weighted by Crippen LogP contribution is 2.16. The van der Waals surface area contributed by atoms with Crippen molar-refractivity contribution in [3.63, 3.8) is 0 Å². The van der Waals surface area contributed by atoms with E-state index in [-0.39, 0.29) is 18.0 Å². The van der Waals surface area contributed by atoms with Crippen LogP contribution in [0.3, 0.4) is 0 Å². The van der Waals surface area contributed by atoms with Crippen molar-refractivity contribution in [3.05, 3.63) is 0 Å². The maximum absolute atomic E-state index is 11.8. The van der Waals surface area contributed by atoms with Crippen LogP contribution in [0.25, 0.3) is 0 Å². The Kier molecular flexibility index (Phi) is 5.62. The number of nitrogens with two attached hydrogens (primary N) is 1. The predicted octanol–water partition coefficient (Wildman–Crippen LogP) is 1.29. The zero-order valence-electron chi connectivity index (χ0n) is 10.6. The molecule has 0 aromatic heterocycles. The number of hydrogen-bond acceptors (Lipinski definition) is 4. The number of rotatable bonds is 7. The molecule has 0 atom stereocenters. The lowest BCUT2D eigenvalue weighted by Crippen LogP contribution is -2.47. The molecule has 96 valence electrons. The molecule has 0 aliphatic heterocycles. The average molecular weight is 249 g/mol. The highest BCUT2D eigenvalue weighted by atomic mass is 32.2. The van der Waals surface area contributed by atoms with E-state index in [2.05, 4.69) is 0 Å². The molecule has 0 aromatic carbocycles. The summed E-state index contributed by atoms with van der Waals surface area (Å²) in [5.74, 6) is -0.246. The van der Waals surface area contributed by atoms with Gasteiger partial charge in [0, 0.05) is 6.42 Å². The molecule has 0 aliphatic carbocycles. The first-order valence-corrected chi connectivity index (χ1v) is 7.45. The first-order valence-electron chi connectivity index (χ1n) is 5.73. The predicted molar refractivity (Wildman–Crippen MR) is 66.0 cm³/mol. The fourth-order valence-corrected chi connectivity index (χ4v) is 2.31. The van der Waals surface area contributed by atoms with Gasteiger partial charge in [-0.15, -0.1) is 0 Å². The molecule has 0 saturated heterocycles. The van der Waals surface area contributed by atoms with Crippen LogP contribution in [0.2, 0.25) is 0 Å². The number of carbonyl (C=O) groups is 1. The van der Waals surface area contributed by atoms with E-state index in [1.807, 2.05) is 13.8 Å². The number of hydrogen-bond donors (Lipinski definition) is 1. The molecule has 2 N–H and O–H groups in total. The van der Waals surface area contributed by atoms with E-state index in [1.165, 1.54) is 0 Å². The van der Waals surface area contributed by atoms with E-state index >= 15 is 0 Å². The van der Waals surface area contributed by atoms with Crippen LogP contribution < -0.4 is 5.73 Å². The van der Waals surface area contributed by atoms with Gasteiger partial charge in [-0.3, -0.25) is 4.79 Å². The third-order valence-corrected chi connectivity index (χ3v) is 5.36. The van der Waals surface area contributed by atoms with E-state index in [0.717, 1.165) is 0 Å². The molecular weight excluding hydrogens is 226 g/mol. The van der Waals surface area contributed by atoms with Crippen LogP contribution >= 0.6 is 0 Å². The monoisotopic (exact) mass is 249 g/mol. The summed E-state index contributed by atoms with van der Waals surface area (Å²) in [6.07, 6.45) is 1.12. The highest BCUT2D eigenvalue weighted by molar-refractivity contribution is 7.91. The Labute approximate surface area is 98.5 Å². The summed E-state index contributed by atoms with van der Waals surface area (Å²) in [6.45, 7) is 6.93. The van der Waals surface area contributed by atoms with Gasteiger partial charge in [0.15, 0.2) is 15.6 Å². The van der Waals surface area contributed by atoms with E-state index in [4.69, 9.17) is 5.73 Å². The summed E-state index contributed by atoms with van der Waals surface area (Å²) in [6, 6.07) is 0. The lowest BCUT2D eigenvalue weighted by molar-refractivity contribution is -0.124. The zero-order valence-corrected chi connectivity index (χ0v) is 11.4. The van der Waals surface area contributed by atoms with Gasteiger partial charge in [0.25, 0.3) is 0 Å². The van der Waals surface area contributed by atoms with Gasteiger partial charge in [0.05, 0.1) is 16.5 Å². The van der Waals surface area contributed by atoms with Gasteiger partial charge in [-0.2, -0.15) is 0 Å². The smallest absolute Gasteiger partial charge is 0.153 e. The first kappa shape index (κ1) is 15.6. The minimum atomic E-state index is -3.15. The zero-order chi connectivity index (χ0) is 13.0. The van der Waals surface area contributed by atoms with E-state index in [9.17, 15) is 13.2 Å². The quantitative estimate of drug-likeness (QED) is 0.737. The maximum Gasteiger partial charge on any atom is 0.153 e. The molecule has 5 heteroatoms. The molecule has 0 heterocycles. The summed E-state index contributed by atoms with van der Waals surface area (Å²) in [5.41, 5.74) is 5.05. The Bertz CT molecular complexity index is 329. The van der Waals surface area contributed by atoms with Crippen LogP contribution in [0.5, 0.6) is 0 Å². The number of carbonyl (C=O) groups excluding carboxylic acids is 1. The second kappa shape index (κ2) is 5.77. The van der Waals surface area contributed by atoms with E-state index in [1.54, 1.807) is 13.8 Å². The van der Waals surface area contributed by atoms with Crippen LogP contribution in [0.15, 0.2) is 0 Å².